The number of rotatable bonds is 2. The highest BCUT2D eigenvalue weighted by Gasteiger charge is 2.11. The number of aromatic amines is 2. The van der Waals surface area contributed by atoms with Gasteiger partial charge in [-0.25, -0.2) is 29.9 Å². The van der Waals surface area contributed by atoms with Gasteiger partial charge in [0.2, 0.25) is 0 Å². The summed E-state index contributed by atoms with van der Waals surface area (Å²) in [5.41, 5.74) is 2.67. The third kappa shape index (κ3) is 1.89. The van der Waals surface area contributed by atoms with Crippen LogP contribution in [0, 0.1) is 0 Å². The van der Waals surface area contributed by atoms with E-state index in [-0.39, 0.29) is 0 Å². The van der Waals surface area contributed by atoms with E-state index in [1.807, 2.05) is 0 Å². The quantitative estimate of drug-likeness (QED) is 0.380. The minimum atomic E-state index is 0.560. The Labute approximate surface area is 121 Å². The van der Waals surface area contributed by atoms with Crippen LogP contribution >= 0.6 is 24.4 Å². The highest BCUT2D eigenvalue weighted by atomic mass is 32.2. The Balaban J connectivity index is 1.74. The number of nitrogens with one attached hydrogen (secondary N) is 2. The molecule has 0 aliphatic heterocycles. The largest absolute Gasteiger partial charge is 0.330 e. The normalized spacial score (nSPS) is 11.4. The summed E-state index contributed by atoms with van der Waals surface area (Å²) in [5, 5.41) is 1.89. The predicted octanol–water partition coefficient (Wildman–Crippen LogP) is 1.46. The van der Waals surface area contributed by atoms with Crippen LogP contribution in [0.25, 0.3) is 22.3 Å². The lowest BCUT2D eigenvalue weighted by Crippen LogP contribution is -1.81. The average molecular weight is 302 g/mol. The summed E-state index contributed by atoms with van der Waals surface area (Å²) in [7, 11) is 0. The molecule has 0 saturated carbocycles. The van der Waals surface area contributed by atoms with Crippen molar-refractivity contribution in [2.75, 3.05) is 0 Å². The second-order valence-electron chi connectivity index (χ2n) is 3.84. The van der Waals surface area contributed by atoms with Crippen LogP contribution in [-0.2, 0) is 0 Å². The molecule has 0 aliphatic carbocycles. The van der Waals surface area contributed by atoms with Gasteiger partial charge >= 0.3 is 0 Å². The molecule has 0 saturated heterocycles. The van der Waals surface area contributed by atoms with Gasteiger partial charge in [0.1, 0.15) is 28.7 Å². The lowest BCUT2D eigenvalue weighted by molar-refractivity contribution is 1.02. The minimum absolute atomic E-state index is 0.560. The first-order chi connectivity index (χ1) is 9.79. The zero-order valence-corrected chi connectivity index (χ0v) is 11.5. The molecule has 0 unspecified atom stereocenters. The van der Waals surface area contributed by atoms with E-state index in [1.54, 1.807) is 6.20 Å². The Morgan fingerprint density at radius 3 is 2.60 bits per heavy atom. The van der Waals surface area contributed by atoms with Crippen LogP contribution in [0.5, 0.6) is 0 Å². The van der Waals surface area contributed by atoms with E-state index in [2.05, 4.69) is 52.5 Å². The standard InChI is InChI=1S/C10H6N8S2/c19-8-5-7(13-3-14-8)18-10(16-5)20-9-15-4-1-11-2-12-6(4)17-9/h1-3H,(H,11,12,15,17)(H2,13,14,16,18,19). The third-order valence-electron chi connectivity index (χ3n) is 2.58. The molecule has 20 heavy (non-hydrogen) atoms. The van der Waals surface area contributed by atoms with E-state index >= 15 is 0 Å². The van der Waals surface area contributed by atoms with Gasteiger partial charge in [-0.15, -0.1) is 12.6 Å². The van der Waals surface area contributed by atoms with Crippen LogP contribution in [0.4, 0.5) is 0 Å². The molecule has 0 radical (unpaired) electrons. The van der Waals surface area contributed by atoms with Crippen molar-refractivity contribution in [3.63, 3.8) is 0 Å². The molecule has 4 aromatic heterocycles. The molecule has 2 N–H and O–H groups in total. The van der Waals surface area contributed by atoms with Crippen LogP contribution in [-0.4, -0.2) is 39.9 Å². The lowest BCUT2D eigenvalue weighted by atomic mass is 10.6. The number of nitrogens with zero attached hydrogens (tertiary/aromatic N) is 6. The summed E-state index contributed by atoms with van der Waals surface area (Å²) in [6.45, 7) is 0. The van der Waals surface area contributed by atoms with Gasteiger partial charge in [-0.3, -0.25) is 0 Å². The first kappa shape index (κ1) is 11.6. The van der Waals surface area contributed by atoms with E-state index in [4.69, 9.17) is 0 Å². The molecule has 0 spiro atoms. The van der Waals surface area contributed by atoms with E-state index in [0.29, 0.717) is 32.1 Å². The molecular weight excluding hydrogens is 296 g/mol. The van der Waals surface area contributed by atoms with Crippen LogP contribution < -0.4 is 0 Å². The number of H-pyrrole nitrogens is 2. The lowest BCUT2D eigenvalue weighted by Gasteiger charge is -1.90. The maximum absolute atomic E-state index is 4.35. The molecule has 0 amide bonds. The molecule has 8 nitrogen and oxygen atoms in total. The molecule has 98 valence electrons. The minimum Gasteiger partial charge on any atom is -0.330 e. The molecular formula is C10H6N8S2. The molecule has 4 rings (SSSR count). The third-order valence-corrected chi connectivity index (χ3v) is 3.69. The Bertz CT molecular complexity index is 881. The van der Waals surface area contributed by atoms with Crippen molar-refractivity contribution in [3.05, 3.63) is 18.9 Å². The molecule has 10 heteroatoms. The van der Waals surface area contributed by atoms with Crippen LogP contribution in [0.3, 0.4) is 0 Å². The Morgan fingerprint density at radius 1 is 0.950 bits per heavy atom. The van der Waals surface area contributed by atoms with E-state index in [1.165, 1.54) is 24.4 Å². The Morgan fingerprint density at radius 2 is 1.75 bits per heavy atom. The van der Waals surface area contributed by atoms with Crippen LogP contribution in [0.1, 0.15) is 0 Å². The Kier molecular flexibility index (Phi) is 2.57. The van der Waals surface area contributed by atoms with Crippen molar-refractivity contribution in [1.82, 2.24) is 39.9 Å². The van der Waals surface area contributed by atoms with Crippen LogP contribution in [0.2, 0.25) is 0 Å². The molecule has 0 bridgehead atoms. The second kappa shape index (κ2) is 4.42. The smallest absolute Gasteiger partial charge is 0.182 e. The number of hydrogen-bond donors (Lipinski definition) is 3. The first-order valence-electron chi connectivity index (χ1n) is 5.53. The highest BCUT2D eigenvalue weighted by Crippen LogP contribution is 2.26. The zero-order valence-electron chi connectivity index (χ0n) is 9.77. The van der Waals surface area contributed by atoms with E-state index in [9.17, 15) is 0 Å². The maximum atomic E-state index is 4.35. The van der Waals surface area contributed by atoms with E-state index < -0.39 is 0 Å². The summed E-state index contributed by atoms with van der Waals surface area (Å²) in [5.74, 6) is 0. The topological polar surface area (TPSA) is 109 Å². The average Bonchev–Trinajstić information content (AvgIpc) is 3.02. The summed E-state index contributed by atoms with van der Waals surface area (Å²) in [4.78, 5) is 31.0. The second-order valence-corrected chi connectivity index (χ2v) is 5.24. The highest BCUT2D eigenvalue weighted by molar-refractivity contribution is 7.99. The van der Waals surface area contributed by atoms with E-state index in [0.717, 1.165) is 5.52 Å². The monoisotopic (exact) mass is 302 g/mol. The van der Waals surface area contributed by atoms with Crippen LogP contribution in [0.15, 0.2) is 34.2 Å². The fourth-order valence-electron chi connectivity index (χ4n) is 1.72. The summed E-state index contributed by atoms with van der Waals surface area (Å²) < 4.78 is 0. The van der Waals surface area contributed by atoms with Crippen molar-refractivity contribution in [2.24, 2.45) is 0 Å². The van der Waals surface area contributed by atoms with Gasteiger partial charge in [0.05, 0.1) is 6.20 Å². The van der Waals surface area contributed by atoms with Crippen molar-refractivity contribution in [2.45, 2.75) is 15.3 Å². The number of aromatic nitrogens is 8. The van der Waals surface area contributed by atoms with Crippen molar-refractivity contribution in [1.29, 1.82) is 0 Å². The number of imidazole rings is 2. The van der Waals surface area contributed by atoms with Gasteiger partial charge in [0.15, 0.2) is 21.6 Å². The first-order valence-corrected chi connectivity index (χ1v) is 6.79. The Hall–Kier alpha value is -2.20. The van der Waals surface area contributed by atoms with Crippen molar-refractivity contribution in [3.8, 4) is 0 Å². The maximum Gasteiger partial charge on any atom is 0.182 e. The summed E-state index contributed by atoms with van der Waals surface area (Å²) >= 11 is 5.60. The van der Waals surface area contributed by atoms with Gasteiger partial charge in [-0.2, -0.15) is 0 Å². The molecule has 0 aliphatic rings. The zero-order chi connectivity index (χ0) is 13.5. The summed E-state index contributed by atoms with van der Waals surface area (Å²) in [6, 6.07) is 0. The molecule has 0 aromatic carbocycles. The fourth-order valence-corrected chi connectivity index (χ4v) is 2.69. The van der Waals surface area contributed by atoms with Gasteiger partial charge < -0.3 is 9.97 Å². The van der Waals surface area contributed by atoms with Gasteiger partial charge in [-0.1, -0.05) is 0 Å². The van der Waals surface area contributed by atoms with Crippen molar-refractivity contribution >= 4 is 46.7 Å². The number of fused-ring (bicyclic) bond motifs is 2. The molecule has 4 heterocycles. The van der Waals surface area contributed by atoms with Gasteiger partial charge in [0, 0.05) is 0 Å². The predicted molar refractivity (Wildman–Crippen MR) is 74.7 cm³/mol. The SMILES string of the molecule is Sc1ncnc2nc(Sc3nc4ncncc4[nH]3)[nH]c12. The summed E-state index contributed by atoms with van der Waals surface area (Å²) in [6.07, 6.45) is 4.56. The molecule has 0 fully saturated rings. The number of hydrogen-bond acceptors (Lipinski definition) is 8. The van der Waals surface area contributed by atoms with Gasteiger partial charge in [-0.05, 0) is 11.8 Å². The van der Waals surface area contributed by atoms with Crippen molar-refractivity contribution < 1.29 is 0 Å². The molecule has 0 atom stereocenters. The number of thiol groups is 1. The molecule has 4 aromatic rings. The van der Waals surface area contributed by atoms with Gasteiger partial charge in [0.25, 0.3) is 0 Å². The fraction of sp³-hybridized carbons (Fsp3) is 0.